The molecule has 0 bridgehead atoms. The maximum Gasteiger partial charge on any atom is 0.123 e. The average molecular weight is 398 g/mol. The molecule has 0 spiro atoms. The third-order valence-electron chi connectivity index (χ3n) is 5.06. The van der Waals surface area contributed by atoms with Gasteiger partial charge in [-0.15, -0.1) is 0 Å². The second kappa shape index (κ2) is 14.8. The van der Waals surface area contributed by atoms with Gasteiger partial charge in [0.25, 0.3) is 0 Å². The molecule has 0 saturated carbocycles. The van der Waals surface area contributed by atoms with E-state index in [0.717, 1.165) is 23.4 Å². The number of hydrogen-bond acceptors (Lipinski definition) is 2. The predicted molar refractivity (Wildman–Crippen MR) is 121 cm³/mol. The molecule has 2 rings (SSSR count). The summed E-state index contributed by atoms with van der Waals surface area (Å²) in [6, 6.07) is 14.4. The van der Waals surface area contributed by atoms with Crippen LogP contribution in [-0.2, 0) is 6.61 Å². The molecule has 0 aliphatic heterocycles. The number of benzene rings is 2. The Kier molecular flexibility index (Phi) is 11.8. The molecule has 2 nitrogen and oxygen atoms in total. The van der Waals surface area contributed by atoms with Crippen molar-refractivity contribution >= 4 is 6.21 Å². The van der Waals surface area contributed by atoms with Crippen molar-refractivity contribution in [2.75, 3.05) is 6.54 Å². The summed E-state index contributed by atoms with van der Waals surface area (Å²) in [6.07, 6.45) is 15.4. The Labute approximate surface area is 176 Å². The average Bonchev–Trinajstić information content (AvgIpc) is 2.74. The lowest BCUT2D eigenvalue weighted by molar-refractivity contribution is 0.305. The van der Waals surface area contributed by atoms with Gasteiger partial charge in [0.05, 0.1) is 0 Å². The van der Waals surface area contributed by atoms with Crippen LogP contribution in [0.2, 0.25) is 0 Å². The van der Waals surface area contributed by atoms with Crippen molar-refractivity contribution in [2.24, 2.45) is 4.99 Å². The summed E-state index contributed by atoms with van der Waals surface area (Å²) < 4.78 is 18.9. The van der Waals surface area contributed by atoms with E-state index in [1.807, 2.05) is 36.5 Å². The van der Waals surface area contributed by atoms with Crippen molar-refractivity contribution < 1.29 is 9.13 Å². The van der Waals surface area contributed by atoms with Crippen molar-refractivity contribution in [3.63, 3.8) is 0 Å². The number of nitrogens with zero attached hydrogens (tertiary/aromatic N) is 1. The van der Waals surface area contributed by atoms with Gasteiger partial charge >= 0.3 is 0 Å². The van der Waals surface area contributed by atoms with Gasteiger partial charge < -0.3 is 4.74 Å². The van der Waals surface area contributed by atoms with Crippen LogP contribution in [0.4, 0.5) is 4.39 Å². The van der Waals surface area contributed by atoms with Crippen LogP contribution in [0.5, 0.6) is 5.75 Å². The van der Waals surface area contributed by atoms with E-state index in [1.165, 1.54) is 76.3 Å². The molecule has 0 aromatic heterocycles. The van der Waals surface area contributed by atoms with E-state index < -0.39 is 0 Å². The molecule has 0 amide bonds. The Balaban J connectivity index is 1.53. The van der Waals surface area contributed by atoms with E-state index in [-0.39, 0.29) is 5.82 Å². The second-order valence-corrected chi connectivity index (χ2v) is 7.70. The molecule has 3 heteroatoms. The predicted octanol–water partition coefficient (Wildman–Crippen LogP) is 7.74. The summed E-state index contributed by atoms with van der Waals surface area (Å²) in [4.78, 5) is 4.53. The molecule has 2 aromatic carbocycles. The molecule has 0 unspecified atom stereocenters. The first-order valence-electron chi connectivity index (χ1n) is 11.2. The normalized spacial score (nSPS) is 11.2. The number of aliphatic imine (C=N–C) groups is 1. The van der Waals surface area contributed by atoms with Crippen LogP contribution in [-0.4, -0.2) is 12.8 Å². The standard InChI is InChI=1S/C26H36FNO/c1-2-3-4-5-6-7-8-9-10-11-19-28-21-23-15-17-26(18-16-23)29-22-24-13-12-14-25(27)20-24/h12-18,20-21H,2-11,19,22H2,1H3/b28-21+. The molecule has 158 valence electrons. The largest absolute Gasteiger partial charge is 0.489 e. The zero-order valence-corrected chi connectivity index (χ0v) is 17.9. The van der Waals surface area contributed by atoms with E-state index in [4.69, 9.17) is 4.74 Å². The van der Waals surface area contributed by atoms with Crippen LogP contribution in [0.15, 0.2) is 53.5 Å². The fraction of sp³-hybridized carbons (Fsp3) is 0.500. The van der Waals surface area contributed by atoms with Crippen molar-refractivity contribution in [3.05, 3.63) is 65.5 Å². The zero-order valence-electron chi connectivity index (χ0n) is 17.9. The summed E-state index contributed by atoms with van der Waals surface area (Å²) in [5.74, 6) is 0.543. The number of unbranched alkanes of at least 4 members (excludes halogenated alkanes) is 9. The summed E-state index contributed by atoms with van der Waals surface area (Å²) in [7, 11) is 0. The van der Waals surface area contributed by atoms with E-state index in [2.05, 4.69) is 11.9 Å². The molecule has 0 aliphatic rings. The first-order valence-corrected chi connectivity index (χ1v) is 11.2. The van der Waals surface area contributed by atoms with Crippen molar-refractivity contribution in [1.82, 2.24) is 0 Å². The van der Waals surface area contributed by atoms with Crippen LogP contribution >= 0.6 is 0 Å². The zero-order chi connectivity index (χ0) is 20.6. The van der Waals surface area contributed by atoms with Gasteiger partial charge in [0, 0.05) is 12.8 Å². The Morgan fingerprint density at radius 3 is 2.14 bits per heavy atom. The van der Waals surface area contributed by atoms with Crippen LogP contribution in [0.3, 0.4) is 0 Å². The molecular weight excluding hydrogens is 361 g/mol. The molecule has 2 aromatic rings. The second-order valence-electron chi connectivity index (χ2n) is 7.70. The van der Waals surface area contributed by atoms with E-state index >= 15 is 0 Å². The summed E-state index contributed by atoms with van der Waals surface area (Å²) in [5, 5.41) is 0. The lowest BCUT2D eigenvalue weighted by Gasteiger charge is -2.06. The monoisotopic (exact) mass is 397 g/mol. The van der Waals surface area contributed by atoms with Gasteiger partial charge in [-0.1, -0.05) is 76.8 Å². The fourth-order valence-electron chi connectivity index (χ4n) is 3.30. The van der Waals surface area contributed by atoms with Crippen LogP contribution in [0.1, 0.15) is 82.3 Å². The van der Waals surface area contributed by atoms with Gasteiger partial charge in [-0.05, 0) is 53.9 Å². The van der Waals surface area contributed by atoms with Crippen molar-refractivity contribution in [2.45, 2.75) is 77.7 Å². The lowest BCUT2D eigenvalue weighted by atomic mass is 10.1. The van der Waals surface area contributed by atoms with Gasteiger partial charge in [-0.25, -0.2) is 4.39 Å². The van der Waals surface area contributed by atoms with Crippen LogP contribution in [0, 0.1) is 5.82 Å². The highest BCUT2D eigenvalue weighted by atomic mass is 19.1. The summed E-state index contributed by atoms with van der Waals surface area (Å²) in [5.41, 5.74) is 1.90. The van der Waals surface area contributed by atoms with E-state index in [1.54, 1.807) is 6.07 Å². The molecule has 0 fully saturated rings. The van der Waals surface area contributed by atoms with Crippen molar-refractivity contribution in [1.29, 1.82) is 0 Å². The molecule has 0 N–H and O–H groups in total. The van der Waals surface area contributed by atoms with E-state index in [9.17, 15) is 4.39 Å². The minimum absolute atomic E-state index is 0.236. The van der Waals surface area contributed by atoms with Gasteiger partial charge in [0.2, 0.25) is 0 Å². The van der Waals surface area contributed by atoms with Gasteiger partial charge in [0.15, 0.2) is 0 Å². The minimum atomic E-state index is -0.236. The number of halogens is 1. The number of hydrogen-bond donors (Lipinski definition) is 0. The maximum absolute atomic E-state index is 13.2. The Hall–Kier alpha value is -2.16. The first-order chi connectivity index (χ1) is 14.3. The minimum Gasteiger partial charge on any atom is -0.489 e. The number of rotatable bonds is 15. The Morgan fingerprint density at radius 1 is 0.828 bits per heavy atom. The van der Waals surface area contributed by atoms with Gasteiger partial charge in [-0.2, -0.15) is 0 Å². The summed E-state index contributed by atoms with van der Waals surface area (Å²) >= 11 is 0. The molecular formula is C26H36FNO. The fourth-order valence-corrected chi connectivity index (χ4v) is 3.30. The molecule has 0 atom stereocenters. The number of ether oxygens (including phenoxy) is 1. The Bertz CT molecular complexity index is 696. The Morgan fingerprint density at radius 2 is 1.48 bits per heavy atom. The van der Waals surface area contributed by atoms with Crippen molar-refractivity contribution in [3.8, 4) is 5.75 Å². The van der Waals surface area contributed by atoms with E-state index in [0.29, 0.717) is 6.61 Å². The highest BCUT2D eigenvalue weighted by molar-refractivity contribution is 5.79. The SMILES string of the molecule is CCCCCCCCCCCC/N=C/c1ccc(OCc2cccc(F)c2)cc1. The maximum atomic E-state index is 13.2. The van der Waals surface area contributed by atoms with Gasteiger partial charge in [-0.3, -0.25) is 4.99 Å². The highest BCUT2D eigenvalue weighted by Gasteiger charge is 1.98. The molecule has 0 saturated heterocycles. The highest BCUT2D eigenvalue weighted by Crippen LogP contribution is 2.14. The molecule has 0 aliphatic carbocycles. The molecule has 0 radical (unpaired) electrons. The third-order valence-corrected chi connectivity index (χ3v) is 5.06. The smallest absolute Gasteiger partial charge is 0.123 e. The lowest BCUT2D eigenvalue weighted by Crippen LogP contribution is -1.96. The first kappa shape index (κ1) is 23.1. The van der Waals surface area contributed by atoms with Gasteiger partial charge in [0.1, 0.15) is 18.2 Å². The third kappa shape index (κ3) is 10.8. The summed E-state index contributed by atoms with van der Waals surface area (Å²) in [6.45, 7) is 3.53. The van der Waals surface area contributed by atoms with Crippen LogP contribution in [0.25, 0.3) is 0 Å². The molecule has 29 heavy (non-hydrogen) atoms. The molecule has 0 heterocycles. The quantitative estimate of drug-likeness (QED) is 0.222. The van der Waals surface area contributed by atoms with Crippen LogP contribution < -0.4 is 4.74 Å². The topological polar surface area (TPSA) is 21.6 Å².